The molecule has 0 spiro atoms. The summed E-state index contributed by atoms with van der Waals surface area (Å²) in [6.07, 6.45) is 0.366. The van der Waals surface area contributed by atoms with Crippen LogP contribution in [-0.4, -0.2) is 6.54 Å². The predicted molar refractivity (Wildman–Crippen MR) is 80.6 cm³/mol. The molecule has 0 aliphatic carbocycles. The van der Waals surface area contributed by atoms with Gasteiger partial charge >= 0.3 is 0 Å². The van der Waals surface area contributed by atoms with Crippen LogP contribution in [-0.2, 0) is 6.42 Å². The van der Waals surface area contributed by atoms with Gasteiger partial charge in [-0.1, -0.05) is 19.1 Å². The van der Waals surface area contributed by atoms with Gasteiger partial charge in [-0.3, -0.25) is 0 Å². The van der Waals surface area contributed by atoms with E-state index in [1.54, 1.807) is 12.1 Å². The molecule has 0 heterocycles. The van der Waals surface area contributed by atoms with Crippen molar-refractivity contribution < 1.29 is 13.2 Å². The molecule has 0 aliphatic rings. The van der Waals surface area contributed by atoms with Crippen LogP contribution in [0.3, 0.4) is 0 Å². The van der Waals surface area contributed by atoms with Crippen molar-refractivity contribution >= 4 is 15.9 Å². The molecule has 0 fully saturated rings. The van der Waals surface area contributed by atoms with Crippen molar-refractivity contribution in [2.75, 3.05) is 6.54 Å². The number of hydrogen-bond donors (Lipinski definition) is 1. The number of benzene rings is 2. The summed E-state index contributed by atoms with van der Waals surface area (Å²) in [5, 5.41) is 3.21. The molecule has 0 aromatic heterocycles. The van der Waals surface area contributed by atoms with Gasteiger partial charge in [0.15, 0.2) is 0 Å². The van der Waals surface area contributed by atoms with E-state index < -0.39 is 11.6 Å². The van der Waals surface area contributed by atoms with E-state index in [1.165, 1.54) is 18.2 Å². The van der Waals surface area contributed by atoms with Crippen molar-refractivity contribution in [1.29, 1.82) is 0 Å². The second-order valence-electron chi connectivity index (χ2n) is 4.74. The van der Waals surface area contributed by atoms with Gasteiger partial charge in [-0.2, -0.15) is 0 Å². The maximum absolute atomic E-state index is 13.7. The monoisotopic (exact) mass is 357 g/mol. The first-order chi connectivity index (χ1) is 10.0. The predicted octanol–water partition coefficient (Wildman–Crippen LogP) is 4.76. The lowest BCUT2D eigenvalue weighted by Crippen LogP contribution is -2.23. The van der Waals surface area contributed by atoms with Crippen molar-refractivity contribution in [2.24, 2.45) is 0 Å². The van der Waals surface area contributed by atoms with Crippen molar-refractivity contribution in [3.05, 3.63) is 69.4 Å². The summed E-state index contributed by atoms with van der Waals surface area (Å²) in [5.41, 5.74) is 1.25. The Balaban J connectivity index is 2.32. The molecule has 2 aromatic carbocycles. The minimum Gasteiger partial charge on any atom is -0.310 e. The second kappa shape index (κ2) is 7.09. The highest BCUT2D eigenvalue weighted by Gasteiger charge is 2.17. The van der Waals surface area contributed by atoms with Crippen LogP contribution in [0.4, 0.5) is 13.2 Å². The third kappa shape index (κ3) is 4.08. The second-order valence-corrected chi connectivity index (χ2v) is 5.53. The molecule has 0 bridgehead atoms. The molecule has 0 aliphatic heterocycles. The fourth-order valence-electron chi connectivity index (χ4n) is 2.29. The molecular formula is C16H15BrF3N. The fraction of sp³-hybridized carbons (Fsp3) is 0.250. The van der Waals surface area contributed by atoms with Gasteiger partial charge in [0, 0.05) is 12.1 Å². The molecular weight excluding hydrogens is 343 g/mol. The Morgan fingerprint density at radius 2 is 1.76 bits per heavy atom. The summed E-state index contributed by atoms with van der Waals surface area (Å²) in [6.45, 7) is 2.58. The van der Waals surface area contributed by atoms with E-state index in [4.69, 9.17) is 0 Å². The van der Waals surface area contributed by atoms with E-state index >= 15 is 0 Å². The van der Waals surface area contributed by atoms with Gasteiger partial charge in [0.2, 0.25) is 0 Å². The van der Waals surface area contributed by atoms with Crippen LogP contribution in [0.25, 0.3) is 0 Å². The first-order valence-electron chi connectivity index (χ1n) is 6.63. The molecule has 0 radical (unpaired) electrons. The molecule has 0 saturated heterocycles. The minimum absolute atomic E-state index is 0.235. The minimum atomic E-state index is -0.612. The maximum Gasteiger partial charge on any atom is 0.137 e. The molecule has 112 valence electrons. The molecule has 1 atom stereocenters. The standard InChI is InChI=1S/C16H15BrF3N/c1-2-21-15(13-4-3-5-14(20)16(13)17)8-10-6-11(18)9-12(19)7-10/h3-7,9,15,21H,2,8H2,1H3. The smallest absolute Gasteiger partial charge is 0.137 e. The first kappa shape index (κ1) is 16.0. The van der Waals surface area contributed by atoms with Gasteiger partial charge in [0.05, 0.1) is 4.47 Å². The summed E-state index contributed by atoms with van der Waals surface area (Å²) < 4.78 is 40.6. The number of rotatable bonds is 5. The maximum atomic E-state index is 13.7. The fourth-order valence-corrected chi connectivity index (χ4v) is 2.83. The summed E-state index contributed by atoms with van der Waals surface area (Å²) in [7, 11) is 0. The molecule has 2 rings (SSSR count). The van der Waals surface area contributed by atoms with Gasteiger partial charge in [-0.05, 0) is 58.2 Å². The topological polar surface area (TPSA) is 12.0 Å². The zero-order valence-electron chi connectivity index (χ0n) is 11.5. The van der Waals surface area contributed by atoms with E-state index in [9.17, 15) is 13.2 Å². The van der Waals surface area contributed by atoms with Crippen LogP contribution in [0.5, 0.6) is 0 Å². The van der Waals surface area contributed by atoms with E-state index in [0.29, 0.717) is 23.0 Å². The summed E-state index contributed by atoms with van der Waals surface area (Å²) in [6, 6.07) is 7.95. The lowest BCUT2D eigenvalue weighted by molar-refractivity contribution is 0.530. The lowest BCUT2D eigenvalue weighted by atomic mass is 9.98. The third-order valence-corrected chi connectivity index (χ3v) is 4.01. The van der Waals surface area contributed by atoms with Crippen molar-refractivity contribution in [3.63, 3.8) is 0 Å². The lowest BCUT2D eigenvalue weighted by Gasteiger charge is -2.20. The summed E-state index contributed by atoms with van der Waals surface area (Å²) in [5.74, 6) is -1.59. The number of nitrogens with one attached hydrogen (secondary N) is 1. The highest BCUT2D eigenvalue weighted by molar-refractivity contribution is 9.10. The number of likely N-dealkylation sites (N-methyl/N-ethyl adjacent to an activating group) is 1. The normalized spacial score (nSPS) is 12.4. The average molecular weight is 358 g/mol. The van der Waals surface area contributed by atoms with E-state index in [2.05, 4.69) is 21.2 Å². The SMILES string of the molecule is CCNC(Cc1cc(F)cc(F)c1)c1cccc(F)c1Br. The van der Waals surface area contributed by atoms with Crippen LogP contribution in [0.15, 0.2) is 40.9 Å². The highest BCUT2D eigenvalue weighted by Crippen LogP contribution is 2.28. The Labute approximate surface area is 130 Å². The number of hydrogen-bond acceptors (Lipinski definition) is 1. The van der Waals surface area contributed by atoms with Crippen molar-refractivity contribution in [2.45, 2.75) is 19.4 Å². The Morgan fingerprint density at radius 1 is 1.10 bits per heavy atom. The molecule has 1 nitrogen and oxygen atoms in total. The van der Waals surface area contributed by atoms with Gasteiger partial charge < -0.3 is 5.32 Å². The van der Waals surface area contributed by atoms with E-state index in [0.717, 1.165) is 11.6 Å². The zero-order chi connectivity index (χ0) is 15.4. The summed E-state index contributed by atoms with van der Waals surface area (Å²) in [4.78, 5) is 0. The highest BCUT2D eigenvalue weighted by atomic mass is 79.9. The number of halogens is 4. The molecule has 0 saturated carbocycles. The van der Waals surface area contributed by atoms with Crippen LogP contribution >= 0.6 is 15.9 Å². The van der Waals surface area contributed by atoms with Crippen LogP contribution in [0, 0.1) is 17.5 Å². The molecule has 1 unspecified atom stereocenters. The average Bonchev–Trinajstić information content (AvgIpc) is 2.40. The largest absolute Gasteiger partial charge is 0.310 e. The molecule has 0 amide bonds. The molecule has 21 heavy (non-hydrogen) atoms. The van der Waals surface area contributed by atoms with Gasteiger partial charge in [0.25, 0.3) is 0 Å². The zero-order valence-corrected chi connectivity index (χ0v) is 13.1. The Hall–Kier alpha value is -1.33. The Kier molecular flexibility index (Phi) is 5.42. The first-order valence-corrected chi connectivity index (χ1v) is 7.42. The van der Waals surface area contributed by atoms with Crippen LogP contribution in [0.2, 0.25) is 0 Å². The molecule has 5 heteroatoms. The quantitative estimate of drug-likeness (QED) is 0.813. The Morgan fingerprint density at radius 3 is 2.38 bits per heavy atom. The van der Waals surface area contributed by atoms with Crippen molar-refractivity contribution in [3.8, 4) is 0 Å². The molecule has 1 N–H and O–H groups in total. The summed E-state index contributed by atoms with van der Waals surface area (Å²) >= 11 is 3.23. The van der Waals surface area contributed by atoms with E-state index in [1.807, 2.05) is 6.92 Å². The third-order valence-electron chi connectivity index (χ3n) is 3.17. The van der Waals surface area contributed by atoms with Gasteiger partial charge in [-0.25, -0.2) is 13.2 Å². The van der Waals surface area contributed by atoms with Crippen LogP contribution < -0.4 is 5.32 Å². The van der Waals surface area contributed by atoms with Gasteiger partial charge in [-0.15, -0.1) is 0 Å². The van der Waals surface area contributed by atoms with Crippen LogP contribution in [0.1, 0.15) is 24.1 Å². The molecule has 2 aromatic rings. The van der Waals surface area contributed by atoms with Crippen molar-refractivity contribution in [1.82, 2.24) is 5.32 Å². The van der Waals surface area contributed by atoms with E-state index in [-0.39, 0.29) is 11.9 Å². The Bertz CT molecular complexity index is 611. The van der Waals surface area contributed by atoms with Gasteiger partial charge in [0.1, 0.15) is 17.5 Å².